The Morgan fingerprint density at radius 2 is 2.24 bits per heavy atom. The molecule has 0 saturated carbocycles. The fourth-order valence-corrected chi connectivity index (χ4v) is 3.29. The number of nitrogens with zero attached hydrogens (tertiary/aromatic N) is 1. The summed E-state index contributed by atoms with van der Waals surface area (Å²) in [6, 6.07) is 8.39. The van der Waals surface area contributed by atoms with Crippen molar-refractivity contribution in [2.24, 2.45) is 5.84 Å². The molecule has 0 bridgehead atoms. The molecule has 21 heavy (non-hydrogen) atoms. The number of benzene rings is 1. The van der Waals surface area contributed by atoms with Gasteiger partial charge < -0.3 is 0 Å². The molecule has 0 aliphatic heterocycles. The summed E-state index contributed by atoms with van der Waals surface area (Å²) in [7, 11) is 0. The average molecular weight is 322 g/mol. The van der Waals surface area contributed by atoms with Gasteiger partial charge in [0.05, 0.1) is 16.3 Å². The highest BCUT2D eigenvalue weighted by molar-refractivity contribution is 7.17. The molecule has 3 nitrogen and oxygen atoms in total. The lowest BCUT2D eigenvalue weighted by atomic mass is 10.00. The van der Waals surface area contributed by atoms with Gasteiger partial charge in [-0.05, 0) is 41.6 Å². The van der Waals surface area contributed by atoms with E-state index in [4.69, 9.17) is 17.4 Å². The maximum Gasteiger partial charge on any atom is 0.127 e. The van der Waals surface area contributed by atoms with Crippen molar-refractivity contribution in [3.8, 4) is 0 Å². The number of nitrogens with two attached hydrogens (primary N) is 1. The fraction of sp³-hybridized carbons (Fsp3) is 0.133. The molecule has 3 aromatic rings. The molecular weight excluding hydrogens is 309 g/mol. The summed E-state index contributed by atoms with van der Waals surface area (Å²) in [5.74, 6) is 5.31. The molecule has 108 valence electrons. The second-order valence-electron chi connectivity index (χ2n) is 4.70. The van der Waals surface area contributed by atoms with Gasteiger partial charge in [0.15, 0.2) is 0 Å². The molecule has 2 heterocycles. The van der Waals surface area contributed by atoms with Gasteiger partial charge in [-0.25, -0.2) is 4.39 Å². The standard InChI is InChI=1S/C15H13ClFN3S/c16-11-2-1-3-12(17)10(11)7-14(20-18)9-6-15-13(19-8-9)4-5-21-15/h1-6,8,14,20H,7,18H2. The van der Waals surface area contributed by atoms with Crippen LogP contribution in [-0.4, -0.2) is 4.98 Å². The normalized spacial score (nSPS) is 12.7. The number of fused-ring (bicyclic) bond motifs is 1. The third-order valence-corrected chi connectivity index (χ3v) is 4.60. The highest BCUT2D eigenvalue weighted by Gasteiger charge is 2.16. The predicted octanol–water partition coefficient (Wildman–Crippen LogP) is 3.84. The van der Waals surface area contributed by atoms with Gasteiger partial charge >= 0.3 is 0 Å². The van der Waals surface area contributed by atoms with Gasteiger partial charge in [-0.2, -0.15) is 0 Å². The number of pyridine rings is 1. The number of hydrogen-bond acceptors (Lipinski definition) is 4. The molecule has 0 aliphatic carbocycles. The molecule has 0 aliphatic rings. The van der Waals surface area contributed by atoms with Gasteiger partial charge in [0, 0.05) is 16.8 Å². The van der Waals surface area contributed by atoms with E-state index in [0.29, 0.717) is 17.0 Å². The molecule has 1 aromatic carbocycles. The largest absolute Gasteiger partial charge is 0.271 e. The van der Waals surface area contributed by atoms with Crippen molar-refractivity contribution in [1.29, 1.82) is 0 Å². The second-order valence-corrected chi connectivity index (χ2v) is 6.05. The number of hydrogen-bond donors (Lipinski definition) is 2. The molecule has 6 heteroatoms. The molecule has 3 rings (SSSR count). The summed E-state index contributed by atoms with van der Waals surface area (Å²) in [5.41, 5.74) is 5.03. The zero-order valence-electron chi connectivity index (χ0n) is 11.0. The number of hydrazine groups is 1. The maximum atomic E-state index is 13.9. The number of thiophene rings is 1. The smallest absolute Gasteiger partial charge is 0.127 e. The lowest BCUT2D eigenvalue weighted by Crippen LogP contribution is -2.30. The van der Waals surface area contributed by atoms with Crippen LogP contribution in [0, 0.1) is 5.82 Å². The van der Waals surface area contributed by atoms with E-state index in [2.05, 4.69) is 10.4 Å². The van der Waals surface area contributed by atoms with Gasteiger partial charge in [-0.15, -0.1) is 11.3 Å². The zero-order chi connectivity index (χ0) is 14.8. The minimum atomic E-state index is -0.326. The molecule has 0 radical (unpaired) electrons. The Bertz CT molecular complexity index is 754. The summed E-state index contributed by atoms with van der Waals surface area (Å²) in [6.07, 6.45) is 2.12. The Hall–Kier alpha value is -1.53. The molecule has 0 fully saturated rings. The first-order chi connectivity index (χ1) is 10.2. The van der Waals surface area contributed by atoms with Crippen molar-refractivity contribution < 1.29 is 4.39 Å². The highest BCUT2D eigenvalue weighted by atomic mass is 35.5. The van der Waals surface area contributed by atoms with E-state index in [1.807, 2.05) is 17.5 Å². The lowest BCUT2D eigenvalue weighted by molar-refractivity contribution is 0.528. The van der Waals surface area contributed by atoms with Crippen molar-refractivity contribution >= 4 is 33.2 Å². The predicted molar refractivity (Wildman–Crippen MR) is 84.8 cm³/mol. The van der Waals surface area contributed by atoms with E-state index in [0.717, 1.165) is 15.8 Å². The van der Waals surface area contributed by atoms with Crippen LogP contribution >= 0.6 is 22.9 Å². The van der Waals surface area contributed by atoms with Crippen molar-refractivity contribution in [1.82, 2.24) is 10.4 Å². The zero-order valence-corrected chi connectivity index (χ0v) is 12.6. The van der Waals surface area contributed by atoms with Crippen LogP contribution in [0.1, 0.15) is 17.2 Å². The molecule has 0 saturated heterocycles. The SMILES string of the molecule is NNC(Cc1c(F)cccc1Cl)c1cnc2ccsc2c1. The molecule has 2 aromatic heterocycles. The number of nitrogens with one attached hydrogen (secondary N) is 1. The maximum absolute atomic E-state index is 13.9. The summed E-state index contributed by atoms with van der Waals surface area (Å²) >= 11 is 7.68. The minimum absolute atomic E-state index is 0.251. The van der Waals surface area contributed by atoms with Crippen LogP contribution in [0.3, 0.4) is 0 Å². The van der Waals surface area contributed by atoms with Crippen molar-refractivity contribution in [3.05, 3.63) is 63.9 Å². The summed E-state index contributed by atoms with van der Waals surface area (Å²) in [5, 5.41) is 2.39. The number of rotatable bonds is 4. The van der Waals surface area contributed by atoms with Crippen LogP contribution in [0.5, 0.6) is 0 Å². The Balaban J connectivity index is 1.94. The van der Waals surface area contributed by atoms with Crippen LogP contribution in [-0.2, 0) is 6.42 Å². The van der Waals surface area contributed by atoms with E-state index in [-0.39, 0.29) is 11.9 Å². The van der Waals surface area contributed by atoms with Gasteiger partial charge in [0.2, 0.25) is 0 Å². The Morgan fingerprint density at radius 1 is 1.38 bits per heavy atom. The van der Waals surface area contributed by atoms with Crippen LogP contribution < -0.4 is 11.3 Å². The van der Waals surface area contributed by atoms with Gasteiger partial charge in [-0.1, -0.05) is 17.7 Å². The Labute approximate surface area is 130 Å². The van der Waals surface area contributed by atoms with Crippen LogP contribution in [0.25, 0.3) is 10.2 Å². The third kappa shape index (κ3) is 2.91. The molecule has 1 atom stereocenters. The topological polar surface area (TPSA) is 50.9 Å². The summed E-state index contributed by atoms with van der Waals surface area (Å²) < 4.78 is 15.0. The molecule has 0 spiro atoms. The molecule has 3 N–H and O–H groups in total. The summed E-state index contributed by atoms with van der Waals surface area (Å²) in [4.78, 5) is 4.38. The summed E-state index contributed by atoms with van der Waals surface area (Å²) in [6.45, 7) is 0. The van der Waals surface area contributed by atoms with Gasteiger partial charge in [0.25, 0.3) is 0 Å². The highest BCUT2D eigenvalue weighted by Crippen LogP contribution is 2.27. The van der Waals surface area contributed by atoms with E-state index in [9.17, 15) is 4.39 Å². The monoisotopic (exact) mass is 321 g/mol. The van der Waals surface area contributed by atoms with E-state index >= 15 is 0 Å². The quantitative estimate of drug-likeness (QED) is 0.567. The first kappa shape index (κ1) is 14.4. The first-order valence-corrected chi connectivity index (χ1v) is 7.67. The number of aromatic nitrogens is 1. The molecule has 1 unspecified atom stereocenters. The fourth-order valence-electron chi connectivity index (χ4n) is 2.26. The Kier molecular flexibility index (Phi) is 4.17. The van der Waals surface area contributed by atoms with Crippen LogP contribution in [0.2, 0.25) is 5.02 Å². The first-order valence-electron chi connectivity index (χ1n) is 6.41. The number of halogens is 2. The van der Waals surface area contributed by atoms with Crippen molar-refractivity contribution in [3.63, 3.8) is 0 Å². The second kappa shape index (κ2) is 6.07. The van der Waals surface area contributed by atoms with Crippen LogP contribution in [0.4, 0.5) is 4.39 Å². The molecule has 0 amide bonds. The van der Waals surface area contributed by atoms with E-state index in [1.54, 1.807) is 29.7 Å². The van der Waals surface area contributed by atoms with E-state index in [1.165, 1.54) is 6.07 Å². The van der Waals surface area contributed by atoms with Crippen molar-refractivity contribution in [2.75, 3.05) is 0 Å². The lowest BCUT2D eigenvalue weighted by Gasteiger charge is -2.17. The van der Waals surface area contributed by atoms with Gasteiger partial charge in [-0.3, -0.25) is 16.3 Å². The third-order valence-electron chi connectivity index (χ3n) is 3.40. The average Bonchev–Trinajstić information content (AvgIpc) is 2.94. The van der Waals surface area contributed by atoms with Crippen LogP contribution in [0.15, 0.2) is 41.9 Å². The minimum Gasteiger partial charge on any atom is -0.271 e. The van der Waals surface area contributed by atoms with Crippen molar-refractivity contribution in [2.45, 2.75) is 12.5 Å². The molecular formula is C15H13ClFN3S. The van der Waals surface area contributed by atoms with E-state index < -0.39 is 0 Å². The van der Waals surface area contributed by atoms with Gasteiger partial charge in [0.1, 0.15) is 5.82 Å². The Morgan fingerprint density at radius 3 is 3.00 bits per heavy atom.